The number of amides is 2. The normalized spacial score (nSPS) is 15.0. The van der Waals surface area contributed by atoms with Crippen LogP contribution in [0.5, 0.6) is 0 Å². The largest absolute Gasteiger partial charge is 0.352 e. The fourth-order valence-corrected chi connectivity index (χ4v) is 2.37. The summed E-state index contributed by atoms with van der Waals surface area (Å²) in [5, 5.41) is 3.94. The lowest BCUT2D eigenvalue weighted by Gasteiger charge is -2.18. The van der Waals surface area contributed by atoms with Crippen molar-refractivity contribution in [2.45, 2.75) is 39.5 Å². The van der Waals surface area contributed by atoms with Gasteiger partial charge in [0.2, 0.25) is 11.6 Å². The number of hydrogen-bond donors (Lipinski definition) is 2. The summed E-state index contributed by atoms with van der Waals surface area (Å²) < 4.78 is 0. The van der Waals surface area contributed by atoms with Gasteiger partial charge in [-0.2, -0.15) is 0 Å². The number of nitrogens with one attached hydrogen (secondary N) is 2. The van der Waals surface area contributed by atoms with Crippen LogP contribution in [0.2, 0.25) is 0 Å². The number of hydrogen-bond acceptors (Lipinski definition) is 4. The SMILES string of the molecule is CCCCNC(=O)C1=C(C(=O)NCCCC)C(=O)C(Cl)=C(Cl)C1=O. The van der Waals surface area contributed by atoms with E-state index >= 15 is 0 Å². The molecule has 0 spiro atoms. The second-order valence-electron chi connectivity index (χ2n) is 5.26. The van der Waals surface area contributed by atoms with Crippen molar-refractivity contribution in [3.8, 4) is 0 Å². The Labute approximate surface area is 150 Å². The summed E-state index contributed by atoms with van der Waals surface area (Å²) in [5.74, 6) is -3.44. The van der Waals surface area contributed by atoms with E-state index in [1.54, 1.807) is 0 Å². The van der Waals surface area contributed by atoms with Crippen LogP contribution in [0.25, 0.3) is 0 Å². The zero-order valence-electron chi connectivity index (χ0n) is 13.6. The summed E-state index contributed by atoms with van der Waals surface area (Å²) in [5.41, 5.74) is -1.11. The molecule has 1 rings (SSSR count). The van der Waals surface area contributed by atoms with Crippen LogP contribution in [0.4, 0.5) is 0 Å². The fraction of sp³-hybridized carbons (Fsp3) is 0.500. The Kier molecular flexibility index (Phi) is 8.15. The molecule has 0 bridgehead atoms. The molecule has 2 N–H and O–H groups in total. The van der Waals surface area contributed by atoms with Crippen molar-refractivity contribution in [1.82, 2.24) is 10.6 Å². The van der Waals surface area contributed by atoms with E-state index in [9.17, 15) is 19.2 Å². The first-order valence-corrected chi connectivity index (χ1v) is 8.57. The number of Topliss-reactive ketones (excluding diaryl/α,β-unsaturated/α-hetero) is 2. The molecule has 132 valence electrons. The van der Waals surface area contributed by atoms with Crippen LogP contribution in [-0.2, 0) is 19.2 Å². The molecule has 0 saturated carbocycles. The lowest BCUT2D eigenvalue weighted by atomic mass is 9.93. The van der Waals surface area contributed by atoms with Gasteiger partial charge in [-0.3, -0.25) is 19.2 Å². The third-order valence-corrected chi connectivity index (χ3v) is 4.20. The topological polar surface area (TPSA) is 92.3 Å². The predicted molar refractivity (Wildman–Crippen MR) is 91.6 cm³/mol. The van der Waals surface area contributed by atoms with E-state index in [2.05, 4.69) is 10.6 Å². The molecule has 1 aliphatic rings. The number of carbonyl (C=O) groups is 4. The highest BCUT2D eigenvalue weighted by atomic mass is 35.5. The smallest absolute Gasteiger partial charge is 0.256 e. The molecule has 0 radical (unpaired) electrons. The van der Waals surface area contributed by atoms with E-state index in [4.69, 9.17) is 23.2 Å². The highest BCUT2D eigenvalue weighted by Gasteiger charge is 2.39. The Balaban J connectivity index is 3.18. The monoisotopic (exact) mass is 374 g/mol. The quantitative estimate of drug-likeness (QED) is 0.385. The van der Waals surface area contributed by atoms with Crippen molar-refractivity contribution in [2.24, 2.45) is 0 Å². The van der Waals surface area contributed by atoms with Gasteiger partial charge in [-0.05, 0) is 12.8 Å². The molecule has 0 heterocycles. The average Bonchev–Trinajstić information content (AvgIpc) is 2.56. The molecule has 8 heteroatoms. The Morgan fingerprint density at radius 1 is 0.792 bits per heavy atom. The van der Waals surface area contributed by atoms with Gasteiger partial charge in [-0.25, -0.2) is 0 Å². The van der Waals surface area contributed by atoms with Gasteiger partial charge < -0.3 is 10.6 Å². The van der Waals surface area contributed by atoms with Crippen LogP contribution in [0.1, 0.15) is 39.5 Å². The Morgan fingerprint density at radius 3 is 1.42 bits per heavy atom. The average molecular weight is 375 g/mol. The summed E-state index contributed by atoms with van der Waals surface area (Å²) in [7, 11) is 0. The van der Waals surface area contributed by atoms with Gasteiger partial charge in [0.1, 0.15) is 21.2 Å². The maximum Gasteiger partial charge on any atom is 0.256 e. The van der Waals surface area contributed by atoms with Gasteiger partial charge in [-0.15, -0.1) is 0 Å². The Bertz CT molecular complexity index is 572. The second-order valence-corrected chi connectivity index (χ2v) is 6.01. The highest BCUT2D eigenvalue weighted by molar-refractivity contribution is 6.62. The maximum atomic E-state index is 12.3. The van der Waals surface area contributed by atoms with Crippen molar-refractivity contribution in [1.29, 1.82) is 0 Å². The molecular formula is C16H20Cl2N2O4. The molecule has 0 atom stereocenters. The third-order valence-electron chi connectivity index (χ3n) is 3.38. The van der Waals surface area contributed by atoms with E-state index in [1.807, 2.05) is 13.8 Å². The van der Waals surface area contributed by atoms with Crippen molar-refractivity contribution < 1.29 is 19.2 Å². The first kappa shape index (κ1) is 20.4. The number of allylic oxidation sites excluding steroid dienone is 2. The lowest BCUT2D eigenvalue weighted by molar-refractivity contribution is -0.126. The number of halogens is 2. The molecule has 0 aromatic carbocycles. The van der Waals surface area contributed by atoms with Gasteiger partial charge in [0.15, 0.2) is 0 Å². The van der Waals surface area contributed by atoms with Crippen molar-refractivity contribution in [3.05, 3.63) is 21.2 Å². The second kappa shape index (κ2) is 9.59. The number of carbonyl (C=O) groups excluding carboxylic acids is 4. The van der Waals surface area contributed by atoms with Crippen LogP contribution in [-0.4, -0.2) is 36.5 Å². The maximum absolute atomic E-state index is 12.3. The summed E-state index contributed by atoms with van der Waals surface area (Å²) in [6.45, 7) is 4.51. The highest BCUT2D eigenvalue weighted by Crippen LogP contribution is 2.29. The van der Waals surface area contributed by atoms with Crippen LogP contribution >= 0.6 is 23.2 Å². The molecule has 0 fully saturated rings. The zero-order valence-corrected chi connectivity index (χ0v) is 15.1. The van der Waals surface area contributed by atoms with E-state index < -0.39 is 44.6 Å². The Hall–Kier alpha value is -1.66. The van der Waals surface area contributed by atoms with Crippen LogP contribution in [0.15, 0.2) is 21.2 Å². The van der Waals surface area contributed by atoms with Gasteiger partial charge >= 0.3 is 0 Å². The molecule has 0 unspecified atom stereocenters. The number of ketones is 2. The standard InChI is InChI=1S/C16H20Cl2N2O4/c1-3-5-7-19-15(23)9-10(16(24)20-8-6-4-2)14(22)12(18)11(17)13(9)21/h3-8H2,1-2H3,(H,19,23)(H,20,24). The molecule has 0 aromatic rings. The van der Waals surface area contributed by atoms with E-state index in [-0.39, 0.29) is 0 Å². The number of rotatable bonds is 8. The first-order chi connectivity index (χ1) is 11.4. The Morgan fingerprint density at radius 2 is 1.12 bits per heavy atom. The van der Waals surface area contributed by atoms with Crippen LogP contribution in [0, 0.1) is 0 Å². The summed E-state index contributed by atoms with van der Waals surface area (Å²) in [4.78, 5) is 49.1. The van der Waals surface area contributed by atoms with Gasteiger partial charge in [0.05, 0.1) is 0 Å². The van der Waals surface area contributed by atoms with E-state index in [1.165, 1.54) is 0 Å². The summed E-state index contributed by atoms with van der Waals surface area (Å²) in [6.07, 6.45) is 3.07. The minimum absolute atomic E-state index is 0.320. The molecule has 0 saturated heterocycles. The summed E-state index contributed by atoms with van der Waals surface area (Å²) in [6, 6.07) is 0. The minimum atomic E-state index is -0.920. The summed E-state index contributed by atoms with van der Waals surface area (Å²) >= 11 is 11.5. The van der Waals surface area contributed by atoms with E-state index in [0.29, 0.717) is 25.9 Å². The minimum Gasteiger partial charge on any atom is -0.352 e. The number of unbranched alkanes of at least 4 members (excludes halogenated alkanes) is 2. The molecule has 0 aromatic heterocycles. The third kappa shape index (κ3) is 4.68. The lowest BCUT2D eigenvalue weighted by Crippen LogP contribution is -2.39. The van der Waals surface area contributed by atoms with Gasteiger partial charge in [0.25, 0.3) is 11.8 Å². The first-order valence-electron chi connectivity index (χ1n) is 7.82. The van der Waals surface area contributed by atoms with Crippen molar-refractivity contribution in [2.75, 3.05) is 13.1 Å². The van der Waals surface area contributed by atoms with Crippen molar-refractivity contribution in [3.63, 3.8) is 0 Å². The molecular weight excluding hydrogens is 355 g/mol. The van der Waals surface area contributed by atoms with Gasteiger partial charge in [-0.1, -0.05) is 49.9 Å². The molecule has 2 amide bonds. The molecule has 1 aliphatic carbocycles. The van der Waals surface area contributed by atoms with Crippen LogP contribution < -0.4 is 10.6 Å². The molecule has 6 nitrogen and oxygen atoms in total. The fourth-order valence-electron chi connectivity index (χ4n) is 2.01. The van der Waals surface area contributed by atoms with E-state index in [0.717, 1.165) is 12.8 Å². The molecule has 0 aliphatic heterocycles. The zero-order chi connectivity index (χ0) is 18.3. The molecule has 24 heavy (non-hydrogen) atoms. The van der Waals surface area contributed by atoms with Crippen LogP contribution in [0.3, 0.4) is 0 Å². The predicted octanol–water partition coefficient (Wildman–Crippen LogP) is 1.96. The van der Waals surface area contributed by atoms with Crippen molar-refractivity contribution >= 4 is 46.6 Å². The van der Waals surface area contributed by atoms with Gasteiger partial charge in [0, 0.05) is 13.1 Å².